The molecule has 0 saturated carbocycles. The van der Waals surface area contributed by atoms with Crippen molar-refractivity contribution in [3.05, 3.63) is 64.2 Å². The third-order valence-corrected chi connectivity index (χ3v) is 6.69. The van der Waals surface area contributed by atoms with E-state index < -0.39 is 32.4 Å². The van der Waals surface area contributed by atoms with Crippen LogP contribution in [0.3, 0.4) is 0 Å². The minimum Gasteiger partial charge on any atom is -0.493 e. The van der Waals surface area contributed by atoms with Crippen molar-refractivity contribution >= 4 is 9.84 Å². The van der Waals surface area contributed by atoms with E-state index in [9.17, 15) is 26.4 Å². The van der Waals surface area contributed by atoms with Gasteiger partial charge in [-0.2, -0.15) is 13.2 Å². The Bertz CT molecular complexity index is 1370. The van der Waals surface area contributed by atoms with E-state index >= 15 is 0 Å². The highest BCUT2D eigenvalue weighted by molar-refractivity contribution is 7.91. The van der Waals surface area contributed by atoms with Crippen molar-refractivity contribution in [2.75, 3.05) is 20.0 Å². The maximum atomic E-state index is 13.5. The van der Waals surface area contributed by atoms with Crippen molar-refractivity contribution in [1.29, 1.82) is 0 Å². The summed E-state index contributed by atoms with van der Waals surface area (Å²) in [6, 6.07) is 8.18. The summed E-state index contributed by atoms with van der Waals surface area (Å²) in [6.45, 7) is 1.83. The number of nitrogens with zero attached hydrogens (tertiary/aromatic N) is 3. The van der Waals surface area contributed by atoms with Crippen LogP contribution >= 0.6 is 0 Å². The van der Waals surface area contributed by atoms with Gasteiger partial charge >= 0.3 is 6.18 Å². The molecule has 188 valence electrons. The standard InChI is InChI=1S/C23H24F3N3O5S/c1-4-5-10-35(31,32)22-27-17(12-20(28-22)23(24,25)26)16-7-9-21(30)29(14-16)13-15-6-8-18(33-2)19(11-15)34-3/h6-9,11-12,14H,4-5,10,13H2,1-3H3. The minimum absolute atomic E-state index is 0.0753. The molecule has 0 N–H and O–H groups in total. The van der Waals surface area contributed by atoms with E-state index in [2.05, 4.69) is 9.97 Å². The van der Waals surface area contributed by atoms with Gasteiger partial charge < -0.3 is 14.0 Å². The van der Waals surface area contributed by atoms with Gasteiger partial charge in [-0.1, -0.05) is 19.4 Å². The summed E-state index contributed by atoms with van der Waals surface area (Å²) in [6.07, 6.45) is -2.77. The van der Waals surface area contributed by atoms with Crippen LogP contribution in [-0.4, -0.2) is 42.9 Å². The average Bonchev–Trinajstić information content (AvgIpc) is 2.83. The van der Waals surface area contributed by atoms with E-state index in [4.69, 9.17) is 9.47 Å². The molecule has 0 unspecified atom stereocenters. The third kappa shape index (κ3) is 6.18. The lowest BCUT2D eigenvalue weighted by Gasteiger charge is -2.13. The maximum Gasteiger partial charge on any atom is 0.433 e. The number of methoxy groups -OCH3 is 2. The molecule has 3 rings (SSSR count). The minimum atomic E-state index is -4.89. The van der Waals surface area contributed by atoms with Crippen molar-refractivity contribution in [3.63, 3.8) is 0 Å². The molecule has 3 aromatic rings. The Morgan fingerprint density at radius 2 is 1.71 bits per heavy atom. The zero-order valence-corrected chi connectivity index (χ0v) is 20.1. The van der Waals surface area contributed by atoms with Crippen LogP contribution in [0, 0.1) is 0 Å². The predicted molar refractivity (Wildman–Crippen MR) is 122 cm³/mol. The molecule has 8 nitrogen and oxygen atoms in total. The van der Waals surface area contributed by atoms with E-state index in [0.29, 0.717) is 29.5 Å². The molecule has 0 saturated heterocycles. The number of alkyl halides is 3. The first-order valence-electron chi connectivity index (χ1n) is 10.6. The molecule has 0 atom stereocenters. The van der Waals surface area contributed by atoms with Crippen LogP contribution < -0.4 is 15.0 Å². The monoisotopic (exact) mass is 511 g/mol. The van der Waals surface area contributed by atoms with Crippen LogP contribution in [0.15, 0.2) is 52.5 Å². The molecule has 0 amide bonds. The van der Waals surface area contributed by atoms with Crippen molar-refractivity contribution in [2.45, 2.75) is 37.6 Å². The second-order valence-electron chi connectivity index (χ2n) is 7.66. The van der Waals surface area contributed by atoms with Crippen molar-refractivity contribution in [1.82, 2.24) is 14.5 Å². The molecular formula is C23H24F3N3O5S. The molecule has 0 bridgehead atoms. The Labute approximate surface area is 200 Å². The Morgan fingerprint density at radius 3 is 2.34 bits per heavy atom. The zero-order chi connectivity index (χ0) is 25.8. The second-order valence-corrected chi connectivity index (χ2v) is 9.67. The highest BCUT2D eigenvalue weighted by Gasteiger charge is 2.35. The number of hydrogen-bond donors (Lipinski definition) is 0. The summed E-state index contributed by atoms with van der Waals surface area (Å²) >= 11 is 0. The Balaban J connectivity index is 2.08. The number of pyridine rings is 1. The van der Waals surface area contributed by atoms with E-state index in [1.165, 1.54) is 37.1 Å². The fraction of sp³-hybridized carbons (Fsp3) is 0.348. The van der Waals surface area contributed by atoms with Gasteiger partial charge in [0, 0.05) is 17.8 Å². The third-order valence-electron chi connectivity index (χ3n) is 5.12. The molecular weight excluding hydrogens is 487 g/mol. The quantitative estimate of drug-likeness (QED) is 0.401. The number of sulfone groups is 1. The molecule has 0 aliphatic carbocycles. The van der Waals surface area contributed by atoms with Gasteiger partial charge in [0.25, 0.3) is 5.56 Å². The summed E-state index contributed by atoms with van der Waals surface area (Å²) in [5.41, 5.74) is -1.25. The number of hydrogen-bond acceptors (Lipinski definition) is 7. The Kier molecular flexibility index (Phi) is 7.83. The molecule has 0 radical (unpaired) electrons. The SMILES string of the molecule is CCCCS(=O)(=O)c1nc(-c2ccc(=O)n(Cc3ccc(OC)c(OC)c3)c2)cc(C(F)(F)F)n1. The number of benzene rings is 1. The first-order valence-corrected chi connectivity index (χ1v) is 12.2. The average molecular weight is 512 g/mol. The van der Waals surface area contributed by atoms with E-state index in [0.717, 1.165) is 0 Å². The normalized spacial score (nSPS) is 11.9. The molecule has 0 aliphatic rings. The van der Waals surface area contributed by atoms with Gasteiger partial charge in [-0.25, -0.2) is 18.4 Å². The predicted octanol–water partition coefficient (Wildman–Crippen LogP) is 3.96. The van der Waals surface area contributed by atoms with Gasteiger partial charge in [0.15, 0.2) is 11.5 Å². The van der Waals surface area contributed by atoms with Crippen LogP contribution in [0.4, 0.5) is 13.2 Å². The number of ether oxygens (including phenoxy) is 2. The first-order chi connectivity index (χ1) is 16.5. The van der Waals surface area contributed by atoms with Crippen LogP contribution in [-0.2, 0) is 22.6 Å². The number of rotatable bonds is 9. The van der Waals surface area contributed by atoms with Crippen molar-refractivity contribution in [3.8, 4) is 22.8 Å². The molecule has 2 heterocycles. The molecule has 1 aromatic carbocycles. The van der Waals surface area contributed by atoms with Crippen LogP contribution in [0.5, 0.6) is 11.5 Å². The Morgan fingerprint density at radius 1 is 1.00 bits per heavy atom. The van der Waals surface area contributed by atoms with Gasteiger partial charge in [-0.15, -0.1) is 0 Å². The molecule has 0 aliphatic heterocycles. The van der Waals surface area contributed by atoms with E-state index in [1.54, 1.807) is 25.1 Å². The number of aromatic nitrogens is 3. The van der Waals surface area contributed by atoms with E-state index in [-0.39, 0.29) is 30.0 Å². The fourth-order valence-electron chi connectivity index (χ4n) is 3.27. The number of halogens is 3. The van der Waals surface area contributed by atoms with Crippen molar-refractivity contribution in [2.24, 2.45) is 0 Å². The lowest BCUT2D eigenvalue weighted by atomic mass is 10.1. The molecule has 2 aromatic heterocycles. The summed E-state index contributed by atoms with van der Waals surface area (Å²) in [5.74, 6) is 0.569. The maximum absolute atomic E-state index is 13.5. The van der Waals surface area contributed by atoms with Gasteiger partial charge in [0.1, 0.15) is 5.69 Å². The van der Waals surface area contributed by atoms with Crippen LogP contribution in [0.25, 0.3) is 11.3 Å². The smallest absolute Gasteiger partial charge is 0.433 e. The fourth-order valence-corrected chi connectivity index (χ4v) is 4.59. The topological polar surface area (TPSA) is 100 Å². The number of unbranched alkanes of at least 4 members (excludes halogenated alkanes) is 1. The Hall–Kier alpha value is -3.41. The van der Waals surface area contributed by atoms with E-state index in [1.807, 2.05) is 0 Å². The highest BCUT2D eigenvalue weighted by Crippen LogP contribution is 2.31. The van der Waals surface area contributed by atoms with Gasteiger partial charge in [-0.05, 0) is 36.2 Å². The van der Waals surface area contributed by atoms with Gasteiger partial charge in [0.2, 0.25) is 15.0 Å². The first kappa shape index (κ1) is 26.2. The lowest BCUT2D eigenvalue weighted by Crippen LogP contribution is -2.20. The van der Waals surface area contributed by atoms with Crippen molar-refractivity contribution < 1.29 is 31.1 Å². The molecule has 0 fully saturated rings. The van der Waals surface area contributed by atoms with Crippen LogP contribution in [0.2, 0.25) is 0 Å². The summed E-state index contributed by atoms with van der Waals surface area (Å²) in [5, 5.41) is -0.895. The lowest BCUT2D eigenvalue weighted by molar-refractivity contribution is -0.141. The summed E-state index contributed by atoms with van der Waals surface area (Å²) < 4.78 is 77.4. The largest absolute Gasteiger partial charge is 0.493 e. The zero-order valence-electron chi connectivity index (χ0n) is 19.3. The molecule has 35 heavy (non-hydrogen) atoms. The second kappa shape index (κ2) is 10.5. The highest BCUT2D eigenvalue weighted by atomic mass is 32.2. The van der Waals surface area contributed by atoms with Gasteiger partial charge in [-0.3, -0.25) is 4.79 Å². The summed E-state index contributed by atoms with van der Waals surface area (Å²) in [7, 11) is -1.18. The molecule has 12 heteroatoms. The van der Waals surface area contributed by atoms with Crippen LogP contribution in [0.1, 0.15) is 31.0 Å². The summed E-state index contributed by atoms with van der Waals surface area (Å²) in [4.78, 5) is 19.7. The van der Waals surface area contributed by atoms with Gasteiger partial charge in [0.05, 0.1) is 32.2 Å². The molecule has 0 spiro atoms.